The van der Waals surface area contributed by atoms with E-state index in [1.165, 1.54) is 0 Å². The van der Waals surface area contributed by atoms with E-state index in [4.69, 9.17) is 16.3 Å². The summed E-state index contributed by atoms with van der Waals surface area (Å²) in [6.45, 7) is 2.29. The van der Waals surface area contributed by atoms with Gasteiger partial charge in [-0.2, -0.15) is 0 Å². The van der Waals surface area contributed by atoms with Gasteiger partial charge < -0.3 is 15.2 Å². The third kappa shape index (κ3) is 2.65. The topological polar surface area (TPSA) is 58.6 Å². The van der Waals surface area contributed by atoms with Gasteiger partial charge in [-0.3, -0.25) is 4.79 Å². The maximum Gasteiger partial charge on any atom is 0.256 e. The minimum absolute atomic E-state index is 0.0725. The average molecular weight is 316 g/mol. The van der Waals surface area contributed by atoms with Gasteiger partial charge in [-0.1, -0.05) is 17.7 Å². The summed E-state index contributed by atoms with van der Waals surface area (Å²) >= 11 is 6.01. The van der Waals surface area contributed by atoms with Crippen molar-refractivity contribution < 1.29 is 14.6 Å². The van der Waals surface area contributed by atoms with Crippen LogP contribution in [0.3, 0.4) is 0 Å². The highest BCUT2D eigenvalue weighted by Crippen LogP contribution is 2.36. The van der Waals surface area contributed by atoms with Gasteiger partial charge in [-0.05, 0) is 48.9 Å². The van der Waals surface area contributed by atoms with Crippen molar-refractivity contribution in [1.82, 2.24) is 0 Å². The Morgan fingerprint density at radius 1 is 1.27 bits per heavy atom. The number of carbonyl (C=O) groups excluding carboxylic acids is 1. The molecule has 0 saturated carbocycles. The molecule has 1 aliphatic rings. The van der Waals surface area contributed by atoms with Crippen LogP contribution in [-0.2, 0) is 4.79 Å². The summed E-state index contributed by atoms with van der Waals surface area (Å²) in [6, 6.07) is 10.2. The summed E-state index contributed by atoms with van der Waals surface area (Å²) in [7, 11) is 0. The molecule has 0 spiro atoms. The first-order valence-electron chi connectivity index (χ1n) is 6.87. The molecular weight excluding hydrogens is 302 g/mol. The van der Waals surface area contributed by atoms with Crippen LogP contribution in [0, 0.1) is 0 Å². The summed E-state index contributed by atoms with van der Waals surface area (Å²) in [5.74, 6) is 0.285. The molecule has 0 saturated heterocycles. The first-order chi connectivity index (χ1) is 10.6. The molecular formula is C17H14ClNO3. The fraction of sp³-hybridized carbons (Fsp3) is 0.118. The Morgan fingerprint density at radius 3 is 2.86 bits per heavy atom. The Labute approximate surface area is 133 Å². The highest BCUT2D eigenvalue weighted by atomic mass is 35.5. The number of aromatic hydroxyl groups is 1. The molecule has 5 heteroatoms. The molecule has 1 aliphatic heterocycles. The highest BCUT2D eigenvalue weighted by Gasteiger charge is 2.24. The van der Waals surface area contributed by atoms with Gasteiger partial charge in [0.1, 0.15) is 0 Å². The van der Waals surface area contributed by atoms with Crippen molar-refractivity contribution in [3.63, 3.8) is 0 Å². The Balaban J connectivity index is 2.04. The summed E-state index contributed by atoms with van der Waals surface area (Å²) in [6.07, 6.45) is 1.75. The maximum absolute atomic E-state index is 12.1. The second-order valence-corrected chi connectivity index (χ2v) is 5.30. The van der Waals surface area contributed by atoms with Gasteiger partial charge in [0.2, 0.25) is 0 Å². The zero-order chi connectivity index (χ0) is 15.7. The SMILES string of the molecule is CCOc1cc(/C=C2/C(=O)Nc3ccc(Cl)cc32)ccc1O. The van der Waals surface area contributed by atoms with E-state index in [0.717, 1.165) is 16.8 Å². The molecule has 1 amide bonds. The van der Waals surface area contributed by atoms with E-state index in [2.05, 4.69) is 5.32 Å². The van der Waals surface area contributed by atoms with Crippen LogP contribution in [0.15, 0.2) is 36.4 Å². The molecule has 22 heavy (non-hydrogen) atoms. The molecule has 0 radical (unpaired) electrons. The Bertz CT molecular complexity index is 783. The van der Waals surface area contributed by atoms with Crippen LogP contribution in [-0.4, -0.2) is 17.6 Å². The lowest BCUT2D eigenvalue weighted by Crippen LogP contribution is -2.03. The Morgan fingerprint density at radius 2 is 2.09 bits per heavy atom. The second kappa shape index (κ2) is 5.73. The van der Waals surface area contributed by atoms with Crippen LogP contribution in [0.25, 0.3) is 11.6 Å². The second-order valence-electron chi connectivity index (χ2n) is 4.86. The Kier molecular flexibility index (Phi) is 3.77. The molecule has 2 aromatic rings. The summed E-state index contributed by atoms with van der Waals surface area (Å²) in [4.78, 5) is 12.1. The van der Waals surface area contributed by atoms with Gasteiger partial charge in [0.15, 0.2) is 11.5 Å². The number of halogens is 1. The normalized spacial score (nSPS) is 14.8. The number of hydrogen-bond donors (Lipinski definition) is 2. The number of amides is 1. The molecule has 1 heterocycles. The molecule has 0 atom stereocenters. The van der Waals surface area contributed by atoms with E-state index in [-0.39, 0.29) is 11.7 Å². The van der Waals surface area contributed by atoms with Crippen molar-refractivity contribution in [3.05, 3.63) is 52.5 Å². The largest absolute Gasteiger partial charge is 0.504 e. The molecule has 3 rings (SSSR count). The predicted octanol–water partition coefficient (Wildman–Crippen LogP) is 3.94. The molecule has 4 nitrogen and oxygen atoms in total. The number of phenolic OH excluding ortho intramolecular Hbond substituents is 1. The van der Waals surface area contributed by atoms with Crippen LogP contribution < -0.4 is 10.1 Å². The van der Waals surface area contributed by atoms with Crippen LogP contribution >= 0.6 is 11.6 Å². The number of fused-ring (bicyclic) bond motifs is 1. The van der Waals surface area contributed by atoms with E-state index in [0.29, 0.717) is 23.0 Å². The van der Waals surface area contributed by atoms with Gasteiger partial charge in [0.25, 0.3) is 5.91 Å². The minimum atomic E-state index is -0.177. The Hall–Kier alpha value is -2.46. The van der Waals surface area contributed by atoms with Gasteiger partial charge >= 0.3 is 0 Å². The molecule has 112 valence electrons. The van der Waals surface area contributed by atoms with Crippen LogP contribution in [0.2, 0.25) is 5.02 Å². The zero-order valence-electron chi connectivity index (χ0n) is 11.9. The fourth-order valence-electron chi connectivity index (χ4n) is 2.36. The molecule has 2 N–H and O–H groups in total. The van der Waals surface area contributed by atoms with Crippen molar-refractivity contribution in [2.45, 2.75) is 6.92 Å². The van der Waals surface area contributed by atoms with E-state index in [1.54, 1.807) is 42.5 Å². The van der Waals surface area contributed by atoms with E-state index in [1.807, 2.05) is 6.92 Å². The van der Waals surface area contributed by atoms with Gasteiger partial charge in [0, 0.05) is 21.8 Å². The van der Waals surface area contributed by atoms with Gasteiger partial charge in [-0.25, -0.2) is 0 Å². The average Bonchev–Trinajstić information content (AvgIpc) is 2.79. The quantitative estimate of drug-likeness (QED) is 0.844. The maximum atomic E-state index is 12.1. The third-order valence-corrected chi connectivity index (χ3v) is 3.59. The number of benzene rings is 2. The van der Waals surface area contributed by atoms with E-state index in [9.17, 15) is 9.90 Å². The van der Waals surface area contributed by atoms with Crippen molar-refractivity contribution in [2.24, 2.45) is 0 Å². The van der Waals surface area contributed by atoms with Crippen molar-refractivity contribution in [2.75, 3.05) is 11.9 Å². The summed E-state index contributed by atoms with van der Waals surface area (Å²) < 4.78 is 5.36. The lowest BCUT2D eigenvalue weighted by molar-refractivity contribution is -0.110. The van der Waals surface area contributed by atoms with Crippen molar-refractivity contribution in [3.8, 4) is 11.5 Å². The number of anilines is 1. The summed E-state index contributed by atoms with van der Waals surface area (Å²) in [5.41, 5.74) is 2.80. The van der Waals surface area contributed by atoms with Crippen LogP contribution in [0.1, 0.15) is 18.1 Å². The molecule has 0 unspecified atom stereocenters. The van der Waals surface area contributed by atoms with Gasteiger partial charge in [0.05, 0.1) is 6.61 Å². The number of ether oxygens (including phenoxy) is 1. The van der Waals surface area contributed by atoms with Crippen molar-refractivity contribution in [1.29, 1.82) is 0 Å². The number of hydrogen-bond acceptors (Lipinski definition) is 3. The molecule has 0 aliphatic carbocycles. The molecule has 0 aromatic heterocycles. The van der Waals surface area contributed by atoms with Crippen LogP contribution in [0.5, 0.6) is 11.5 Å². The highest BCUT2D eigenvalue weighted by molar-refractivity contribution is 6.36. The van der Waals surface area contributed by atoms with Gasteiger partial charge in [-0.15, -0.1) is 0 Å². The zero-order valence-corrected chi connectivity index (χ0v) is 12.6. The standard InChI is InChI=1S/C17H14ClNO3/c1-2-22-16-8-10(3-6-15(16)20)7-13-12-9-11(18)4-5-14(12)19-17(13)21/h3-9,20H,2H2,1H3,(H,19,21)/b13-7+. The minimum Gasteiger partial charge on any atom is -0.504 e. The lowest BCUT2D eigenvalue weighted by atomic mass is 10.0. The number of carbonyl (C=O) groups is 1. The molecule has 0 bridgehead atoms. The number of nitrogens with one attached hydrogen (secondary N) is 1. The predicted molar refractivity (Wildman–Crippen MR) is 87.2 cm³/mol. The fourth-order valence-corrected chi connectivity index (χ4v) is 2.53. The number of phenols is 1. The summed E-state index contributed by atoms with van der Waals surface area (Å²) in [5, 5.41) is 13.1. The lowest BCUT2D eigenvalue weighted by Gasteiger charge is -2.07. The van der Waals surface area contributed by atoms with Crippen LogP contribution in [0.4, 0.5) is 5.69 Å². The molecule has 0 fully saturated rings. The van der Waals surface area contributed by atoms with Crippen molar-refractivity contribution >= 4 is 34.8 Å². The third-order valence-electron chi connectivity index (χ3n) is 3.36. The van der Waals surface area contributed by atoms with E-state index < -0.39 is 0 Å². The molecule has 2 aromatic carbocycles. The number of rotatable bonds is 3. The first kappa shape index (κ1) is 14.5. The first-order valence-corrected chi connectivity index (χ1v) is 7.25. The smallest absolute Gasteiger partial charge is 0.256 e. The van der Waals surface area contributed by atoms with E-state index >= 15 is 0 Å². The monoisotopic (exact) mass is 315 g/mol.